The first-order valence-electron chi connectivity index (χ1n) is 4.48. The highest BCUT2D eigenvalue weighted by Gasteiger charge is 2.29. The highest BCUT2D eigenvalue weighted by atomic mass is 14.9. The molecule has 12 heavy (non-hydrogen) atoms. The number of aromatic nitrogens is 1. The third-order valence-electron chi connectivity index (χ3n) is 2.65. The van der Waals surface area contributed by atoms with Gasteiger partial charge in [0.2, 0.25) is 0 Å². The van der Waals surface area contributed by atoms with Gasteiger partial charge >= 0.3 is 0 Å². The van der Waals surface area contributed by atoms with E-state index in [1.165, 1.54) is 18.5 Å². The van der Waals surface area contributed by atoms with E-state index in [0.29, 0.717) is 5.92 Å². The van der Waals surface area contributed by atoms with E-state index in [0.717, 1.165) is 6.04 Å². The molecule has 1 aromatic rings. The van der Waals surface area contributed by atoms with Crippen LogP contribution in [0.25, 0.3) is 0 Å². The van der Waals surface area contributed by atoms with Crippen molar-refractivity contribution in [1.29, 1.82) is 0 Å². The highest BCUT2D eigenvalue weighted by molar-refractivity contribution is 5.14. The van der Waals surface area contributed by atoms with Gasteiger partial charge in [-0.2, -0.15) is 0 Å². The van der Waals surface area contributed by atoms with Crippen molar-refractivity contribution < 1.29 is 0 Å². The lowest BCUT2D eigenvalue weighted by Gasteiger charge is -2.34. The molecular weight excluding hydrogens is 148 g/mol. The molecule has 1 aliphatic rings. The molecular formula is C10H14N2. The van der Waals surface area contributed by atoms with Gasteiger partial charge in [0, 0.05) is 23.9 Å². The van der Waals surface area contributed by atoms with Gasteiger partial charge in [0.05, 0.1) is 0 Å². The quantitative estimate of drug-likeness (QED) is 0.713. The lowest BCUT2D eigenvalue weighted by atomic mass is 9.78. The molecule has 0 amide bonds. The Hall–Kier alpha value is -0.890. The molecule has 1 aromatic heterocycles. The molecule has 0 bridgehead atoms. The Morgan fingerprint density at radius 3 is 2.83 bits per heavy atom. The summed E-state index contributed by atoms with van der Waals surface area (Å²) in [6, 6.07) is 6.88. The van der Waals surface area contributed by atoms with E-state index in [9.17, 15) is 0 Å². The van der Waals surface area contributed by atoms with Crippen LogP contribution in [0.15, 0.2) is 24.4 Å². The molecule has 1 N–H and O–H groups in total. The van der Waals surface area contributed by atoms with Gasteiger partial charge in [0.15, 0.2) is 0 Å². The molecule has 0 unspecified atom stereocenters. The second-order valence-corrected chi connectivity index (χ2v) is 3.41. The first-order valence-corrected chi connectivity index (χ1v) is 4.48. The van der Waals surface area contributed by atoms with Crippen molar-refractivity contribution in [2.75, 3.05) is 7.05 Å². The summed E-state index contributed by atoms with van der Waals surface area (Å²) in [7, 11) is 2.03. The minimum atomic E-state index is 0.698. The van der Waals surface area contributed by atoms with Gasteiger partial charge < -0.3 is 5.32 Å². The van der Waals surface area contributed by atoms with Crippen molar-refractivity contribution in [1.82, 2.24) is 10.3 Å². The molecule has 1 saturated carbocycles. The molecule has 0 aliphatic heterocycles. The maximum Gasteiger partial charge on any atom is 0.0435 e. The smallest absolute Gasteiger partial charge is 0.0435 e. The third-order valence-corrected chi connectivity index (χ3v) is 2.65. The van der Waals surface area contributed by atoms with Gasteiger partial charge in [-0.1, -0.05) is 6.07 Å². The summed E-state index contributed by atoms with van der Waals surface area (Å²) < 4.78 is 0. The second kappa shape index (κ2) is 3.23. The maximum absolute atomic E-state index is 4.34. The minimum Gasteiger partial charge on any atom is -0.317 e. The van der Waals surface area contributed by atoms with Crippen molar-refractivity contribution in [2.24, 2.45) is 0 Å². The summed E-state index contributed by atoms with van der Waals surface area (Å²) in [4.78, 5) is 4.34. The van der Waals surface area contributed by atoms with E-state index < -0.39 is 0 Å². The maximum atomic E-state index is 4.34. The summed E-state index contributed by atoms with van der Waals surface area (Å²) >= 11 is 0. The van der Waals surface area contributed by atoms with E-state index in [4.69, 9.17) is 0 Å². The van der Waals surface area contributed by atoms with E-state index in [1.807, 2.05) is 19.3 Å². The molecule has 0 atom stereocenters. The van der Waals surface area contributed by atoms with Crippen LogP contribution in [0.5, 0.6) is 0 Å². The molecule has 2 rings (SSSR count). The topological polar surface area (TPSA) is 24.9 Å². The summed E-state index contributed by atoms with van der Waals surface area (Å²) in [6.07, 6.45) is 4.36. The van der Waals surface area contributed by atoms with Gasteiger partial charge in [0.1, 0.15) is 0 Å². The Labute approximate surface area is 73.0 Å². The van der Waals surface area contributed by atoms with Crippen LogP contribution in [-0.4, -0.2) is 18.1 Å². The molecule has 1 aliphatic carbocycles. The lowest BCUT2D eigenvalue weighted by molar-refractivity contribution is 0.302. The summed E-state index contributed by atoms with van der Waals surface area (Å²) in [5.41, 5.74) is 1.25. The molecule has 2 nitrogen and oxygen atoms in total. The number of rotatable bonds is 2. The average molecular weight is 162 g/mol. The largest absolute Gasteiger partial charge is 0.317 e. The Kier molecular flexibility index (Phi) is 2.09. The van der Waals surface area contributed by atoms with Crippen molar-refractivity contribution in [3.05, 3.63) is 30.1 Å². The normalized spacial score (nSPS) is 28.1. The Morgan fingerprint density at radius 1 is 1.42 bits per heavy atom. The van der Waals surface area contributed by atoms with Crippen LogP contribution in [0.2, 0.25) is 0 Å². The predicted molar refractivity (Wildman–Crippen MR) is 49.1 cm³/mol. The molecule has 64 valence electrons. The lowest BCUT2D eigenvalue weighted by Crippen LogP contribution is -2.37. The van der Waals surface area contributed by atoms with Crippen LogP contribution < -0.4 is 5.32 Å². The third kappa shape index (κ3) is 1.34. The van der Waals surface area contributed by atoms with Crippen LogP contribution in [0.3, 0.4) is 0 Å². The Morgan fingerprint density at radius 2 is 2.25 bits per heavy atom. The summed E-state index contributed by atoms with van der Waals surface area (Å²) in [5.74, 6) is 0.698. The highest BCUT2D eigenvalue weighted by Crippen LogP contribution is 2.35. The van der Waals surface area contributed by atoms with Gasteiger partial charge in [-0.3, -0.25) is 4.98 Å². The van der Waals surface area contributed by atoms with E-state index >= 15 is 0 Å². The van der Waals surface area contributed by atoms with Crippen LogP contribution in [0, 0.1) is 0 Å². The van der Waals surface area contributed by atoms with Gasteiger partial charge in [-0.05, 0) is 32.0 Å². The predicted octanol–water partition coefficient (Wildman–Crippen LogP) is 1.55. The monoisotopic (exact) mass is 162 g/mol. The minimum absolute atomic E-state index is 0.698. The fourth-order valence-corrected chi connectivity index (χ4v) is 1.71. The number of nitrogens with one attached hydrogen (secondary N) is 1. The van der Waals surface area contributed by atoms with Crippen LogP contribution >= 0.6 is 0 Å². The number of nitrogens with zero attached hydrogens (tertiary/aromatic N) is 1. The molecule has 1 fully saturated rings. The first-order chi connectivity index (χ1) is 5.90. The second-order valence-electron chi connectivity index (χ2n) is 3.41. The zero-order valence-electron chi connectivity index (χ0n) is 7.33. The van der Waals surface area contributed by atoms with E-state index in [1.54, 1.807) is 0 Å². The van der Waals surface area contributed by atoms with Gasteiger partial charge in [-0.15, -0.1) is 0 Å². The van der Waals surface area contributed by atoms with Crippen LogP contribution in [0.4, 0.5) is 0 Å². The molecule has 0 spiro atoms. The van der Waals surface area contributed by atoms with Crippen molar-refractivity contribution in [3.8, 4) is 0 Å². The van der Waals surface area contributed by atoms with E-state index in [2.05, 4.69) is 22.4 Å². The van der Waals surface area contributed by atoms with Crippen LogP contribution in [0.1, 0.15) is 24.5 Å². The summed E-state index contributed by atoms with van der Waals surface area (Å²) in [6.45, 7) is 0. The zero-order valence-corrected chi connectivity index (χ0v) is 7.33. The van der Waals surface area contributed by atoms with E-state index in [-0.39, 0.29) is 0 Å². The Balaban J connectivity index is 1.97. The molecule has 0 radical (unpaired) electrons. The van der Waals surface area contributed by atoms with Crippen molar-refractivity contribution in [3.63, 3.8) is 0 Å². The van der Waals surface area contributed by atoms with Gasteiger partial charge in [-0.25, -0.2) is 0 Å². The van der Waals surface area contributed by atoms with Gasteiger partial charge in [0.25, 0.3) is 0 Å². The summed E-state index contributed by atoms with van der Waals surface area (Å²) in [5, 5.41) is 3.27. The number of pyridine rings is 1. The first kappa shape index (κ1) is 7.74. The molecule has 1 heterocycles. The molecule has 0 saturated heterocycles. The zero-order chi connectivity index (χ0) is 8.39. The molecule has 0 aromatic carbocycles. The Bertz CT molecular complexity index is 239. The standard InChI is InChI=1S/C10H14N2/c1-11-9-6-8(7-9)10-4-2-3-5-12-10/h2-5,8-9,11H,6-7H2,1H3. The average Bonchev–Trinajstić information content (AvgIpc) is 2.04. The van der Waals surface area contributed by atoms with Crippen molar-refractivity contribution >= 4 is 0 Å². The fraction of sp³-hybridized carbons (Fsp3) is 0.500. The molecule has 2 heteroatoms. The number of hydrogen-bond donors (Lipinski definition) is 1. The van der Waals surface area contributed by atoms with Crippen LogP contribution in [-0.2, 0) is 0 Å². The van der Waals surface area contributed by atoms with Crippen molar-refractivity contribution in [2.45, 2.75) is 24.8 Å². The fourth-order valence-electron chi connectivity index (χ4n) is 1.71. The number of hydrogen-bond acceptors (Lipinski definition) is 2. The SMILES string of the molecule is CNC1CC(c2ccccn2)C1.